The van der Waals surface area contributed by atoms with Crippen molar-refractivity contribution in [3.63, 3.8) is 0 Å². The molecule has 3 aliphatic heterocycles. The summed E-state index contributed by atoms with van der Waals surface area (Å²) < 4.78 is 33.3. The smallest absolute Gasteiger partial charge is 0.256 e. The van der Waals surface area contributed by atoms with Crippen molar-refractivity contribution in [3.05, 3.63) is 42.2 Å². The van der Waals surface area contributed by atoms with Gasteiger partial charge in [-0.2, -0.15) is 4.31 Å². The van der Waals surface area contributed by atoms with Crippen molar-refractivity contribution < 1.29 is 17.9 Å². The molecule has 3 saturated heterocycles. The van der Waals surface area contributed by atoms with E-state index in [1.165, 1.54) is 4.31 Å². The molecule has 3 fully saturated rings. The van der Waals surface area contributed by atoms with E-state index in [9.17, 15) is 13.2 Å². The molecular formula is C23H30N6O4S. The standard InChI is InChI=1S/C23H30N6O4S/c30-22(27-10-12-28(13-11-27)23-24-6-3-7-25-23)20-18-19(4-5-21(20)26-8-1-2-9-26)34(31,32)29-14-16-33-17-15-29/h3-7,18H,1-2,8-17H2. The number of hydrogen-bond donors (Lipinski definition) is 0. The molecule has 0 N–H and O–H groups in total. The average molecular weight is 487 g/mol. The van der Waals surface area contributed by atoms with Gasteiger partial charge in [-0.15, -0.1) is 0 Å². The zero-order valence-electron chi connectivity index (χ0n) is 19.2. The topological polar surface area (TPSA) is 99.2 Å². The number of ether oxygens (including phenoxy) is 1. The predicted octanol–water partition coefficient (Wildman–Crippen LogP) is 1.06. The second-order valence-corrected chi connectivity index (χ2v) is 10.7. The average Bonchev–Trinajstić information content (AvgIpc) is 3.44. The monoisotopic (exact) mass is 486 g/mol. The molecule has 1 amide bonds. The molecule has 0 aliphatic carbocycles. The molecule has 2 aromatic rings. The molecule has 0 atom stereocenters. The van der Waals surface area contributed by atoms with E-state index in [0.717, 1.165) is 31.6 Å². The van der Waals surface area contributed by atoms with Crippen LogP contribution in [-0.4, -0.2) is 99.1 Å². The predicted molar refractivity (Wildman–Crippen MR) is 128 cm³/mol. The highest BCUT2D eigenvalue weighted by Crippen LogP contribution is 2.30. The number of carbonyl (C=O) groups excluding carboxylic acids is 1. The Bertz CT molecular complexity index is 1110. The van der Waals surface area contributed by atoms with Gasteiger partial charge in [-0.25, -0.2) is 18.4 Å². The highest BCUT2D eigenvalue weighted by Gasteiger charge is 2.31. The molecule has 10 nitrogen and oxygen atoms in total. The Balaban J connectivity index is 1.40. The number of benzene rings is 1. The molecule has 0 unspecified atom stereocenters. The van der Waals surface area contributed by atoms with Crippen LogP contribution in [0, 0.1) is 0 Å². The fourth-order valence-corrected chi connectivity index (χ4v) is 6.19. The molecule has 11 heteroatoms. The first kappa shape index (κ1) is 23.0. The van der Waals surface area contributed by atoms with Crippen molar-refractivity contribution in [2.75, 3.05) is 75.4 Å². The first-order valence-corrected chi connectivity index (χ1v) is 13.3. The molecule has 1 aromatic heterocycles. The van der Waals surface area contributed by atoms with E-state index in [1.807, 2.05) is 0 Å². The van der Waals surface area contributed by atoms with Crippen LogP contribution in [0.1, 0.15) is 23.2 Å². The van der Waals surface area contributed by atoms with Crippen LogP contribution in [0.4, 0.5) is 11.6 Å². The molecule has 5 rings (SSSR count). The number of hydrogen-bond acceptors (Lipinski definition) is 8. The van der Waals surface area contributed by atoms with E-state index in [1.54, 1.807) is 41.6 Å². The quantitative estimate of drug-likeness (QED) is 0.619. The second kappa shape index (κ2) is 9.85. The highest BCUT2D eigenvalue weighted by atomic mass is 32.2. The van der Waals surface area contributed by atoms with E-state index in [-0.39, 0.29) is 10.8 Å². The van der Waals surface area contributed by atoms with Gasteiger partial charge in [0.15, 0.2) is 0 Å². The van der Waals surface area contributed by atoms with Crippen molar-refractivity contribution >= 4 is 27.6 Å². The summed E-state index contributed by atoms with van der Waals surface area (Å²) in [7, 11) is -3.69. The number of rotatable bonds is 5. The summed E-state index contributed by atoms with van der Waals surface area (Å²) in [4.78, 5) is 28.5. The maximum Gasteiger partial charge on any atom is 0.256 e. The Hall–Kier alpha value is -2.76. The summed E-state index contributed by atoms with van der Waals surface area (Å²) in [6, 6.07) is 6.80. The van der Waals surface area contributed by atoms with Gasteiger partial charge in [0.2, 0.25) is 16.0 Å². The Morgan fingerprint density at radius 1 is 0.853 bits per heavy atom. The van der Waals surface area contributed by atoms with Crippen molar-refractivity contribution in [3.8, 4) is 0 Å². The lowest BCUT2D eigenvalue weighted by Gasteiger charge is -2.35. The fraction of sp³-hybridized carbons (Fsp3) is 0.522. The van der Waals surface area contributed by atoms with Gasteiger partial charge in [0.05, 0.1) is 23.7 Å². The lowest BCUT2D eigenvalue weighted by Crippen LogP contribution is -2.49. The van der Waals surface area contributed by atoms with Crippen molar-refractivity contribution in [2.45, 2.75) is 17.7 Å². The number of aromatic nitrogens is 2. The number of anilines is 2. The first-order valence-electron chi connectivity index (χ1n) is 11.8. The number of piperazine rings is 1. The third kappa shape index (κ3) is 4.59. The molecule has 34 heavy (non-hydrogen) atoms. The highest BCUT2D eigenvalue weighted by molar-refractivity contribution is 7.89. The van der Waals surface area contributed by atoms with Gasteiger partial charge in [-0.1, -0.05) is 0 Å². The SMILES string of the molecule is O=C(c1cc(S(=O)(=O)N2CCOCC2)ccc1N1CCCC1)N1CCN(c2ncccn2)CC1. The van der Waals surface area contributed by atoms with Crippen molar-refractivity contribution in [1.82, 2.24) is 19.2 Å². The van der Waals surface area contributed by atoms with Gasteiger partial charge < -0.3 is 19.4 Å². The van der Waals surface area contributed by atoms with Gasteiger partial charge in [-0.05, 0) is 37.1 Å². The van der Waals surface area contributed by atoms with E-state index >= 15 is 0 Å². The minimum Gasteiger partial charge on any atom is -0.379 e. The molecule has 1 aromatic carbocycles. The second-order valence-electron chi connectivity index (χ2n) is 8.72. The molecule has 0 bridgehead atoms. The van der Waals surface area contributed by atoms with Crippen LogP contribution in [0.25, 0.3) is 0 Å². The minimum atomic E-state index is -3.69. The van der Waals surface area contributed by atoms with Crippen LogP contribution in [0.15, 0.2) is 41.6 Å². The molecule has 182 valence electrons. The van der Waals surface area contributed by atoms with Crippen LogP contribution >= 0.6 is 0 Å². The summed E-state index contributed by atoms with van der Waals surface area (Å²) in [6.07, 6.45) is 5.56. The van der Waals surface area contributed by atoms with Gasteiger partial charge in [0.1, 0.15) is 0 Å². The molecular weight excluding hydrogens is 456 g/mol. The van der Waals surface area contributed by atoms with E-state index in [4.69, 9.17) is 4.74 Å². The fourth-order valence-electron chi connectivity index (χ4n) is 4.75. The lowest BCUT2D eigenvalue weighted by atomic mass is 10.1. The third-order valence-electron chi connectivity index (χ3n) is 6.65. The van der Waals surface area contributed by atoms with Crippen LogP contribution in [0.3, 0.4) is 0 Å². The Kier molecular flexibility index (Phi) is 6.66. The molecule has 0 saturated carbocycles. The Morgan fingerprint density at radius 2 is 1.53 bits per heavy atom. The zero-order chi connectivity index (χ0) is 23.5. The van der Waals surface area contributed by atoms with E-state index in [0.29, 0.717) is 64.0 Å². The van der Waals surface area contributed by atoms with Gasteiger partial charge in [0.25, 0.3) is 5.91 Å². The van der Waals surface area contributed by atoms with E-state index < -0.39 is 10.0 Å². The number of nitrogens with zero attached hydrogens (tertiary/aromatic N) is 6. The van der Waals surface area contributed by atoms with Crippen molar-refractivity contribution in [1.29, 1.82) is 0 Å². The summed E-state index contributed by atoms with van der Waals surface area (Å²) >= 11 is 0. The molecule has 4 heterocycles. The van der Waals surface area contributed by atoms with Crippen LogP contribution < -0.4 is 9.80 Å². The number of carbonyl (C=O) groups is 1. The molecule has 0 spiro atoms. The first-order chi connectivity index (χ1) is 16.5. The number of amides is 1. The summed E-state index contributed by atoms with van der Waals surface area (Å²) in [5.41, 5.74) is 1.28. The van der Waals surface area contributed by atoms with Crippen LogP contribution in [-0.2, 0) is 14.8 Å². The summed E-state index contributed by atoms with van der Waals surface area (Å²) in [6.45, 7) is 5.45. The van der Waals surface area contributed by atoms with Crippen molar-refractivity contribution in [2.24, 2.45) is 0 Å². The zero-order valence-corrected chi connectivity index (χ0v) is 20.0. The summed E-state index contributed by atoms with van der Waals surface area (Å²) in [5.74, 6) is 0.528. The normalized spacial score (nSPS) is 20.1. The minimum absolute atomic E-state index is 0.130. The summed E-state index contributed by atoms with van der Waals surface area (Å²) in [5, 5.41) is 0. The Labute approximate surface area is 200 Å². The number of sulfonamides is 1. The lowest BCUT2D eigenvalue weighted by molar-refractivity contribution is 0.0729. The van der Waals surface area contributed by atoms with E-state index in [2.05, 4.69) is 19.8 Å². The maximum atomic E-state index is 13.7. The largest absolute Gasteiger partial charge is 0.379 e. The third-order valence-corrected chi connectivity index (χ3v) is 8.55. The van der Waals surface area contributed by atoms with Gasteiger partial charge in [-0.3, -0.25) is 4.79 Å². The molecule has 0 radical (unpaired) electrons. The Morgan fingerprint density at radius 3 is 2.21 bits per heavy atom. The number of morpholine rings is 1. The van der Waals surface area contributed by atoms with Crippen LogP contribution in [0.5, 0.6) is 0 Å². The molecule has 3 aliphatic rings. The van der Waals surface area contributed by atoms with Crippen LogP contribution in [0.2, 0.25) is 0 Å². The van der Waals surface area contributed by atoms with Gasteiger partial charge >= 0.3 is 0 Å². The maximum absolute atomic E-state index is 13.7. The van der Waals surface area contributed by atoms with Gasteiger partial charge in [0, 0.05) is 70.4 Å².